The molecule has 0 spiro atoms. The van der Waals surface area contributed by atoms with E-state index in [0.717, 1.165) is 4.88 Å². The van der Waals surface area contributed by atoms with Crippen LogP contribution >= 0.6 is 34.5 Å². The Hall–Kier alpha value is -1.07. The molecule has 0 saturated carbocycles. The molecular formula is C15H15Cl2NO2S. The molecule has 1 aromatic carbocycles. The number of halogens is 2. The van der Waals surface area contributed by atoms with Gasteiger partial charge in [-0.1, -0.05) is 23.2 Å². The van der Waals surface area contributed by atoms with E-state index in [-0.39, 0.29) is 12.0 Å². The number of thiophene rings is 1. The van der Waals surface area contributed by atoms with E-state index in [1.54, 1.807) is 36.6 Å². The molecule has 1 amide bonds. The van der Waals surface area contributed by atoms with E-state index in [9.17, 15) is 4.79 Å². The predicted octanol–water partition coefficient (Wildman–Crippen LogP) is 4.48. The molecule has 112 valence electrons. The number of hydrogen-bond donors (Lipinski definition) is 1. The molecule has 3 nitrogen and oxygen atoms in total. The van der Waals surface area contributed by atoms with Crippen LogP contribution in [0.2, 0.25) is 10.0 Å². The minimum Gasteiger partial charge on any atom is -0.374 e. The molecule has 0 aliphatic heterocycles. The molecule has 0 aliphatic carbocycles. The van der Waals surface area contributed by atoms with Gasteiger partial charge in [0.2, 0.25) is 0 Å². The summed E-state index contributed by atoms with van der Waals surface area (Å²) in [5.74, 6) is -0.205. The summed E-state index contributed by atoms with van der Waals surface area (Å²) in [5.41, 5.74) is 0.474. The Morgan fingerprint density at radius 1 is 1.29 bits per heavy atom. The second-order valence-electron chi connectivity index (χ2n) is 4.51. The van der Waals surface area contributed by atoms with Crippen molar-refractivity contribution in [3.63, 3.8) is 0 Å². The fraction of sp³-hybridized carbons (Fsp3) is 0.267. The third kappa shape index (κ3) is 4.20. The van der Waals surface area contributed by atoms with E-state index in [4.69, 9.17) is 27.9 Å². The summed E-state index contributed by atoms with van der Waals surface area (Å²) in [6.45, 7) is 2.44. The van der Waals surface area contributed by atoms with Gasteiger partial charge in [0.05, 0.1) is 10.0 Å². The fourth-order valence-electron chi connectivity index (χ4n) is 1.85. The minimum atomic E-state index is -0.205. The first-order chi connectivity index (χ1) is 10.0. The Labute approximate surface area is 137 Å². The van der Waals surface area contributed by atoms with Crippen molar-refractivity contribution in [3.8, 4) is 0 Å². The number of amides is 1. The molecule has 1 aromatic heterocycles. The molecule has 0 bridgehead atoms. The summed E-state index contributed by atoms with van der Waals surface area (Å²) in [6.07, 6.45) is -0.157. The summed E-state index contributed by atoms with van der Waals surface area (Å²) >= 11 is 13.4. The fourth-order valence-corrected chi connectivity index (χ4v) is 3.10. The molecule has 21 heavy (non-hydrogen) atoms. The van der Waals surface area contributed by atoms with Crippen LogP contribution in [0.15, 0.2) is 30.3 Å². The first kappa shape index (κ1) is 16.3. The quantitative estimate of drug-likeness (QED) is 0.868. The molecule has 2 rings (SSSR count). The Kier molecular flexibility index (Phi) is 5.65. The van der Waals surface area contributed by atoms with Crippen LogP contribution in [0.25, 0.3) is 0 Å². The molecule has 1 atom stereocenters. The molecule has 1 unspecified atom stereocenters. The second-order valence-corrected chi connectivity index (χ2v) is 6.65. The monoisotopic (exact) mass is 343 g/mol. The number of methoxy groups -OCH3 is 1. The standard InChI is InChI=1S/C15H15Cl2NO2S/c1-9-3-6-14(21-9)13(20-2)8-18-15(19)10-4-5-11(16)12(17)7-10/h3-7,13H,8H2,1-2H3,(H,18,19). The highest BCUT2D eigenvalue weighted by atomic mass is 35.5. The topological polar surface area (TPSA) is 38.3 Å². The zero-order valence-corrected chi connectivity index (χ0v) is 14.0. The molecule has 6 heteroatoms. The summed E-state index contributed by atoms with van der Waals surface area (Å²) in [5, 5.41) is 3.64. The summed E-state index contributed by atoms with van der Waals surface area (Å²) < 4.78 is 5.43. The van der Waals surface area contributed by atoms with E-state index < -0.39 is 0 Å². The molecule has 0 fully saturated rings. The number of aryl methyl sites for hydroxylation is 1. The third-order valence-electron chi connectivity index (χ3n) is 2.99. The van der Waals surface area contributed by atoms with E-state index in [0.29, 0.717) is 22.2 Å². The number of carbonyl (C=O) groups excluding carboxylic acids is 1. The number of hydrogen-bond acceptors (Lipinski definition) is 3. The van der Waals surface area contributed by atoms with Gasteiger partial charge in [0.15, 0.2) is 0 Å². The van der Waals surface area contributed by atoms with Crippen molar-refractivity contribution >= 4 is 40.4 Å². The zero-order valence-electron chi connectivity index (χ0n) is 11.7. The lowest BCUT2D eigenvalue weighted by molar-refractivity contribution is 0.0837. The van der Waals surface area contributed by atoms with Gasteiger partial charge in [0.1, 0.15) is 6.10 Å². The third-order valence-corrected chi connectivity index (χ3v) is 4.82. The van der Waals surface area contributed by atoms with Crippen LogP contribution in [-0.4, -0.2) is 19.6 Å². The summed E-state index contributed by atoms with van der Waals surface area (Å²) in [6, 6.07) is 8.85. The average molecular weight is 344 g/mol. The van der Waals surface area contributed by atoms with Crippen LogP contribution in [-0.2, 0) is 4.74 Å². The van der Waals surface area contributed by atoms with Gasteiger partial charge < -0.3 is 10.1 Å². The number of carbonyl (C=O) groups is 1. The number of benzene rings is 1. The van der Waals surface area contributed by atoms with Crippen LogP contribution in [0.5, 0.6) is 0 Å². The Morgan fingerprint density at radius 3 is 2.62 bits per heavy atom. The van der Waals surface area contributed by atoms with Crippen molar-refractivity contribution in [2.45, 2.75) is 13.0 Å². The number of nitrogens with one attached hydrogen (secondary N) is 1. The Morgan fingerprint density at radius 2 is 2.05 bits per heavy atom. The highest BCUT2D eigenvalue weighted by Crippen LogP contribution is 2.25. The zero-order chi connectivity index (χ0) is 15.4. The molecule has 0 saturated heterocycles. The van der Waals surface area contributed by atoms with Crippen molar-refractivity contribution in [2.24, 2.45) is 0 Å². The molecule has 1 heterocycles. The normalized spacial score (nSPS) is 12.2. The lowest BCUT2D eigenvalue weighted by Gasteiger charge is -2.14. The van der Waals surface area contributed by atoms with Gasteiger partial charge >= 0.3 is 0 Å². The van der Waals surface area contributed by atoms with Crippen molar-refractivity contribution in [2.75, 3.05) is 13.7 Å². The van der Waals surface area contributed by atoms with Gasteiger partial charge in [0, 0.05) is 29.0 Å². The van der Waals surface area contributed by atoms with Gasteiger partial charge in [0.25, 0.3) is 5.91 Å². The van der Waals surface area contributed by atoms with Gasteiger partial charge in [-0.2, -0.15) is 0 Å². The van der Waals surface area contributed by atoms with Crippen LogP contribution in [0.3, 0.4) is 0 Å². The largest absolute Gasteiger partial charge is 0.374 e. The molecule has 2 aromatic rings. The lowest BCUT2D eigenvalue weighted by Crippen LogP contribution is -2.28. The highest BCUT2D eigenvalue weighted by Gasteiger charge is 2.15. The number of rotatable bonds is 5. The van der Waals surface area contributed by atoms with Crippen LogP contribution in [0.1, 0.15) is 26.2 Å². The average Bonchev–Trinajstić information content (AvgIpc) is 2.89. The molecule has 0 radical (unpaired) electrons. The first-order valence-corrected chi connectivity index (χ1v) is 7.91. The van der Waals surface area contributed by atoms with Gasteiger partial charge in [-0.25, -0.2) is 0 Å². The van der Waals surface area contributed by atoms with E-state index >= 15 is 0 Å². The minimum absolute atomic E-state index is 0.157. The van der Waals surface area contributed by atoms with Gasteiger partial charge in [-0.05, 0) is 37.3 Å². The maximum Gasteiger partial charge on any atom is 0.251 e. The van der Waals surface area contributed by atoms with Crippen molar-refractivity contribution in [1.29, 1.82) is 0 Å². The maximum absolute atomic E-state index is 12.1. The predicted molar refractivity (Wildman–Crippen MR) is 87.6 cm³/mol. The molecule has 1 N–H and O–H groups in total. The van der Waals surface area contributed by atoms with E-state index in [1.165, 1.54) is 4.88 Å². The van der Waals surface area contributed by atoms with Crippen molar-refractivity contribution in [3.05, 3.63) is 55.7 Å². The molecular weight excluding hydrogens is 329 g/mol. The summed E-state index contributed by atoms with van der Waals surface area (Å²) in [7, 11) is 1.63. The van der Waals surface area contributed by atoms with Crippen LogP contribution in [0, 0.1) is 6.92 Å². The van der Waals surface area contributed by atoms with Crippen molar-refractivity contribution in [1.82, 2.24) is 5.32 Å². The highest BCUT2D eigenvalue weighted by molar-refractivity contribution is 7.12. The van der Waals surface area contributed by atoms with Crippen LogP contribution in [0.4, 0.5) is 0 Å². The van der Waals surface area contributed by atoms with Gasteiger partial charge in [-0.3, -0.25) is 4.79 Å². The van der Waals surface area contributed by atoms with Crippen molar-refractivity contribution < 1.29 is 9.53 Å². The van der Waals surface area contributed by atoms with Gasteiger partial charge in [-0.15, -0.1) is 11.3 Å². The van der Waals surface area contributed by atoms with E-state index in [1.807, 2.05) is 19.1 Å². The Bertz CT molecular complexity index is 642. The Balaban J connectivity index is 2.00. The molecule has 0 aliphatic rings. The van der Waals surface area contributed by atoms with E-state index in [2.05, 4.69) is 5.32 Å². The number of ether oxygens (including phenoxy) is 1. The SMILES string of the molecule is COC(CNC(=O)c1ccc(Cl)c(Cl)c1)c1ccc(C)s1. The lowest BCUT2D eigenvalue weighted by atomic mass is 10.2. The second kappa shape index (κ2) is 7.27. The first-order valence-electron chi connectivity index (χ1n) is 6.33. The maximum atomic E-state index is 12.1. The summed E-state index contributed by atoms with van der Waals surface area (Å²) in [4.78, 5) is 14.4. The smallest absolute Gasteiger partial charge is 0.251 e. The van der Waals surface area contributed by atoms with Crippen LogP contribution < -0.4 is 5.32 Å².